The molecule has 0 amide bonds. The molecule has 1 aromatic carbocycles. The van der Waals surface area contributed by atoms with Crippen LogP contribution in [0, 0.1) is 5.41 Å². The van der Waals surface area contributed by atoms with Crippen molar-refractivity contribution in [3.8, 4) is 5.75 Å². The molecule has 1 saturated carbocycles. The molecule has 1 atom stereocenters. The first-order chi connectivity index (χ1) is 9.63. The van der Waals surface area contributed by atoms with Gasteiger partial charge in [0.15, 0.2) is 0 Å². The predicted octanol–water partition coefficient (Wildman–Crippen LogP) is 3.68. The number of halogens is 1. The van der Waals surface area contributed by atoms with Gasteiger partial charge in [-0.2, -0.15) is 0 Å². The van der Waals surface area contributed by atoms with E-state index in [4.69, 9.17) is 22.1 Å². The largest absolute Gasteiger partial charge is 0.495 e. The van der Waals surface area contributed by atoms with Crippen LogP contribution in [0.15, 0.2) is 18.2 Å². The number of aliphatic hydroxyl groups excluding tert-OH is 1. The number of aliphatic hydroxyl groups is 1. The third kappa shape index (κ3) is 3.11. The number of rotatable bonds is 4. The third-order valence-electron chi connectivity index (χ3n) is 4.58. The van der Waals surface area contributed by atoms with Gasteiger partial charge in [0.05, 0.1) is 18.2 Å². The van der Waals surface area contributed by atoms with Crippen molar-refractivity contribution in [3.63, 3.8) is 0 Å². The lowest BCUT2D eigenvalue weighted by atomic mass is 9.73. The van der Waals surface area contributed by atoms with Gasteiger partial charge < -0.3 is 15.6 Å². The number of benzene rings is 1. The van der Waals surface area contributed by atoms with Crippen LogP contribution in [0.2, 0.25) is 5.02 Å². The van der Waals surface area contributed by atoms with E-state index in [2.05, 4.69) is 0 Å². The van der Waals surface area contributed by atoms with Crippen molar-refractivity contribution in [2.24, 2.45) is 11.1 Å². The average Bonchev–Trinajstić information content (AvgIpc) is 2.72. The van der Waals surface area contributed by atoms with Crippen LogP contribution in [0.25, 0.3) is 0 Å². The van der Waals surface area contributed by atoms with Gasteiger partial charge in [0.2, 0.25) is 0 Å². The average molecular weight is 298 g/mol. The highest BCUT2D eigenvalue weighted by Crippen LogP contribution is 2.45. The number of hydrogen-bond acceptors (Lipinski definition) is 3. The number of nitrogens with two attached hydrogens (primary N) is 1. The van der Waals surface area contributed by atoms with Gasteiger partial charge in [-0.15, -0.1) is 0 Å². The Morgan fingerprint density at radius 1 is 1.30 bits per heavy atom. The van der Waals surface area contributed by atoms with Crippen LogP contribution < -0.4 is 10.5 Å². The first-order valence-electron chi connectivity index (χ1n) is 7.34. The molecule has 1 aliphatic carbocycles. The molecule has 0 heterocycles. The zero-order chi connectivity index (χ0) is 14.6. The minimum atomic E-state index is -0.561. The summed E-state index contributed by atoms with van der Waals surface area (Å²) >= 11 is 6.17. The Kier molecular flexibility index (Phi) is 5.30. The highest BCUT2D eigenvalue weighted by atomic mass is 35.5. The maximum atomic E-state index is 10.8. The summed E-state index contributed by atoms with van der Waals surface area (Å²) < 4.78 is 5.16. The standard InChI is InChI=1S/C16H24ClNO2/c1-20-14-7-6-12(10-13(14)17)15(19)16(11-18)8-4-2-3-5-9-16/h6-7,10,15,19H,2-5,8-9,11,18H2,1H3. The van der Waals surface area contributed by atoms with E-state index in [1.54, 1.807) is 13.2 Å². The molecular weight excluding hydrogens is 274 g/mol. The van der Waals surface area contributed by atoms with E-state index < -0.39 is 6.10 Å². The second-order valence-corrected chi connectivity index (χ2v) is 6.18. The smallest absolute Gasteiger partial charge is 0.137 e. The summed E-state index contributed by atoms with van der Waals surface area (Å²) in [6.45, 7) is 0.512. The minimum absolute atomic E-state index is 0.214. The molecule has 0 bridgehead atoms. The quantitative estimate of drug-likeness (QED) is 0.834. The highest BCUT2D eigenvalue weighted by molar-refractivity contribution is 6.32. The van der Waals surface area contributed by atoms with Gasteiger partial charge in [-0.05, 0) is 30.5 Å². The van der Waals surface area contributed by atoms with Crippen molar-refractivity contribution >= 4 is 11.6 Å². The minimum Gasteiger partial charge on any atom is -0.495 e. The van der Waals surface area contributed by atoms with Crippen LogP contribution in [0.4, 0.5) is 0 Å². The van der Waals surface area contributed by atoms with E-state index in [1.807, 2.05) is 12.1 Å². The van der Waals surface area contributed by atoms with Gasteiger partial charge in [-0.1, -0.05) is 43.4 Å². The Hall–Kier alpha value is -0.770. The molecule has 0 radical (unpaired) electrons. The Morgan fingerprint density at radius 2 is 1.95 bits per heavy atom. The molecule has 20 heavy (non-hydrogen) atoms. The molecule has 1 unspecified atom stereocenters. The van der Waals surface area contributed by atoms with Crippen molar-refractivity contribution in [2.75, 3.05) is 13.7 Å². The Balaban J connectivity index is 2.27. The summed E-state index contributed by atoms with van der Waals surface area (Å²) in [6.07, 6.45) is 6.14. The lowest BCUT2D eigenvalue weighted by molar-refractivity contribution is 0.0166. The lowest BCUT2D eigenvalue weighted by Gasteiger charge is -2.36. The second kappa shape index (κ2) is 6.79. The van der Waals surface area contributed by atoms with E-state index >= 15 is 0 Å². The molecule has 0 aromatic heterocycles. The lowest BCUT2D eigenvalue weighted by Crippen LogP contribution is -2.36. The Morgan fingerprint density at radius 3 is 2.45 bits per heavy atom. The molecule has 3 N–H and O–H groups in total. The van der Waals surface area contributed by atoms with Gasteiger partial charge in [-0.3, -0.25) is 0 Å². The summed E-state index contributed by atoms with van der Waals surface area (Å²) in [5, 5.41) is 11.4. The van der Waals surface area contributed by atoms with E-state index in [0.717, 1.165) is 31.2 Å². The molecule has 1 fully saturated rings. The van der Waals surface area contributed by atoms with Crippen LogP contribution in [0.3, 0.4) is 0 Å². The van der Waals surface area contributed by atoms with Gasteiger partial charge >= 0.3 is 0 Å². The normalized spacial score (nSPS) is 20.2. The van der Waals surface area contributed by atoms with Crippen molar-refractivity contribution < 1.29 is 9.84 Å². The molecule has 1 aromatic rings. The van der Waals surface area contributed by atoms with Crippen molar-refractivity contribution in [1.82, 2.24) is 0 Å². The van der Waals surface area contributed by atoms with Crippen molar-refractivity contribution in [2.45, 2.75) is 44.6 Å². The number of hydrogen-bond donors (Lipinski definition) is 2. The molecule has 1 aliphatic rings. The van der Waals surface area contributed by atoms with Crippen LogP contribution >= 0.6 is 11.6 Å². The summed E-state index contributed by atoms with van der Waals surface area (Å²) in [5.41, 5.74) is 6.64. The second-order valence-electron chi connectivity index (χ2n) is 5.78. The maximum Gasteiger partial charge on any atom is 0.137 e. The summed E-state index contributed by atoms with van der Waals surface area (Å²) in [7, 11) is 1.59. The molecule has 0 spiro atoms. The number of methoxy groups -OCH3 is 1. The van der Waals surface area contributed by atoms with Gasteiger partial charge in [0.1, 0.15) is 5.75 Å². The highest BCUT2D eigenvalue weighted by Gasteiger charge is 2.37. The van der Waals surface area contributed by atoms with Crippen LogP contribution in [-0.4, -0.2) is 18.8 Å². The molecule has 2 rings (SSSR count). The molecule has 4 heteroatoms. The zero-order valence-electron chi connectivity index (χ0n) is 12.1. The fourth-order valence-corrected chi connectivity index (χ4v) is 3.49. The molecule has 0 aliphatic heterocycles. The van der Waals surface area contributed by atoms with Crippen molar-refractivity contribution in [1.29, 1.82) is 0 Å². The van der Waals surface area contributed by atoms with E-state index in [0.29, 0.717) is 17.3 Å². The number of ether oxygens (including phenoxy) is 1. The third-order valence-corrected chi connectivity index (χ3v) is 4.87. The van der Waals surface area contributed by atoms with Gasteiger partial charge in [0.25, 0.3) is 0 Å². The first-order valence-corrected chi connectivity index (χ1v) is 7.72. The Labute approximate surface area is 126 Å². The first kappa shape index (κ1) is 15.6. The summed E-state index contributed by atoms with van der Waals surface area (Å²) in [5.74, 6) is 0.630. The van der Waals surface area contributed by atoms with Crippen LogP contribution in [0.1, 0.15) is 50.2 Å². The molecule has 3 nitrogen and oxygen atoms in total. The van der Waals surface area contributed by atoms with E-state index in [1.165, 1.54) is 12.8 Å². The molecule has 112 valence electrons. The van der Waals surface area contributed by atoms with Gasteiger partial charge in [0, 0.05) is 12.0 Å². The summed E-state index contributed by atoms with van der Waals surface area (Å²) in [4.78, 5) is 0. The van der Waals surface area contributed by atoms with E-state index in [-0.39, 0.29) is 5.41 Å². The molecule has 0 saturated heterocycles. The fourth-order valence-electron chi connectivity index (χ4n) is 3.23. The van der Waals surface area contributed by atoms with Crippen molar-refractivity contribution in [3.05, 3.63) is 28.8 Å². The van der Waals surface area contributed by atoms with Crippen LogP contribution in [0.5, 0.6) is 5.75 Å². The molecular formula is C16H24ClNO2. The predicted molar refractivity (Wildman–Crippen MR) is 82.2 cm³/mol. The topological polar surface area (TPSA) is 55.5 Å². The van der Waals surface area contributed by atoms with Gasteiger partial charge in [-0.25, -0.2) is 0 Å². The fraction of sp³-hybridized carbons (Fsp3) is 0.625. The maximum absolute atomic E-state index is 10.8. The van der Waals surface area contributed by atoms with E-state index in [9.17, 15) is 5.11 Å². The SMILES string of the molecule is COc1ccc(C(O)C2(CN)CCCCCC2)cc1Cl. The monoisotopic (exact) mass is 297 g/mol. The summed E-state index contributed by atoms with van der Waals surface area (Å²) in [6, 6.07) is 5.49. The zero-order valence-corrected chi connectivity index (χ0v) is 12.8. The van der Waals surface area contributed by atoms with Crippen LogP contribution in [-0.2, 0) is 0 Å². The Bertz CT molecular complexity index is 442.